The standard InChI is InChI=1S/C12H17N3O4S/c1-8-4-5-10(19-8)6-15(3)20(17,18)12-9(2)13-14-11(12)7-16/h4-5,16H,6-7H2,1-3H3,(H,13,14). The summed E-state index contributed by atoms with van der Waals surface area (Å²) >= 11 is 0. The molecule has 0 aromatic carbocycles. The number of aryl methyl sites for hydroxylation is 2. The second kappa shape index (κ2) is 5.39. The Morgan fingerprint density at radius 2 is 2.10 bits per heavy atom. The molecule has 20 heavy (non-hydrogen) atoms. The number of hydrogen-bond donors (Lipinski definition) is 2. The maximum Gasteiger partial charge on any atom is 0.246 e. The van der Waals surface area contributed by atoms with Crippen molar-refractivity contribution in [3.63, 3.8) is 0 Å². The van der Waals surface area contributed by atoms with Crippen molar-refractivity contribution in [2.45, 2.75) is 31.9 Å². The first-order valence-electron chi connectivity index (χ1n) is 6.02. The van der Waals surface area contributed by atoms with Gasteiger partial charge >= 0.3 is 0 Å². The van der Waals surface area contributed by atoms with Crippen molar-refractivity contribution in [3.05, 3.63) is 35.0 Å². The van der Waals surface area contributed by atoms with Crippen molar-refractivity contribution in [2.24, 2.45) is 0 Å². The molecule has 0 atom stereocenters. The maximum absolute atomic E-state index is 12.5. The molecule has 0 amide bonds. The Balaban J connectivity index is 2.32. The van der Waals surface area contributed by atoms with E-state index < -0.39 is 16.6 Å². The van der Waals surface area contributed by atoms with Gasteiger partial charge in [-0.2, -0.15) is 9.40 Å². The molecule has 0 spiro atoms. The number of aliphatic hydroxyl groups is 1. The van der Waals surface area contributed by atoms with Crippen LogP contribution < -0.4 is 0 Å². The summed E-state index contributed by atoms with van der Waals surface area (Å²) in [6.07, 6.45) is 0. The third kappa shape index (κ3) is 2.62. The summed E-state index contributed by atoms with van der Waals surface area (Å²) in [6.45, 7) is 3.07. The lowest BCUT2D eigenvalue weighted by Gasteiger charge is -2.16. The fraction of sp³-hybridized carbons (Fsp3) is 0.417. The smallest absolute Gasteiger partial charge is 0.246 e. The zero-order valence-electron chi connectivity index (χ0n) is 11.5. The van der Waals surface area contributed by atoms with E-state index in [2.05, 4.69) is 10.2 Å². The van der Waals surface area contributed by atoms with E-state index in [1.54, 1.807) is 26.0 Å². The van der Waals surface area contributed by atoms with Gasteiger partial charge in [0.2, 0.25) is 10.0 Å². The van der Waals surface area contributed by atoms with Gasteiger partial charge in [0.25, 0.3) is 0 Å². The van der Waals surface area contributed by atoms with E-state index in [0.717, 1.165) is 5.76 Å². The molecule has 0 radical (unpaired) electrons. The lowest BCUT2D eigenvalue weighted by Crippen LogP contribution is -2.27. The molecule has 2 N–H and O–H groups in total. The third-order valence-corrected chi connectivity index (χ3v) is 4.96. The van der Waals surface area contributed by atoms with Crippen LogP contribution in [-0.2, 0) is 23.2 Å². The lowest BCUT2D eigenvalue weighted by atomic mass is 10.4. The van der Waals surface area contributed by atoms with E-state index in [9.17, 15) is 13.5 Å². The van der Waals surface area contributed by atoms with Gasteiger partial charge in [0, 0.05) is 7.05 Å². The number of H-pyrrole nitrogens is 1. The number of rotatable bonds is 5. The number of aromatic amines is 1. The van der Waals surface area contributed by atoms with Crippen LogP contribution in [0.5, 0.6) is 0 Å². The van der Waals surface area contributed by atoms with Gasteiger partial charge in [-0.05, 0) is 26.0 Å². The van der Waals surface area contributed by atoms with Crippen LogP contribution in [0.25, 0.3) is 0 Å². The van der Waals surface area contributed by atoms with Crippen molar-refractivity contribution < 1.29 is 17.9 Å². The van der Waals surface area contributed by atoms with Gasteiger partial charge in [-0.15, -0.1) is 0 Å². The SMILES string of the molecule is Cc1ccc(CN(C)S(=O)(=O)c2c(CO)n[nH]c2C)o1. The summed E-state index contributed by atoms with van der Waals surface area (Å²) in [4.78, 5) is 0.0192. The Hall–Kier alpha value is -1.64. The molecule has 0 bridgehead atoms. The van der Waals surface area contributed by atoms with Crippen LogP contribution in [0.2, 0.25) is 0 Å². The summed E-state index contributed by atoms with van der Waals surface area (Å²) in [6, 6.07) is 3.51. The molecule has 0 unspecified atom stereocenters. The first-order chi connectivity index (χ1) is 9.36. The molecule has 7 nitrogen and oxygen atoms in total. The van der Waals surface area contributed by atoms with Crippen LogP contribution in [-0.4, -0.2) is 35.1 Å². The highest BCUT2D eigenvalue weighted by atomic mass is 32.2. The van der Waals surface area contributed by atoms with Crippen molar-refractivity contribution >= 4 is 10.0 Å². The third-order valence-electron chi connectivity index (χ3n) is 2.95. The van der Waals surface area contributed by atoms with Crippen LogP contribution >= 0.6 is 0 Å². The summed E-state index contributed by atoms with van der Waals surface area (Å²) in [5.41, 5.74) is 0.515. The van der Waals surface area contributed by atoms with E-state index in [1.165, 1.54) is 11.4 Å². The summed E-state index contributed by atoms with van der Waals surface area (Å²) in [7, 11) is -2.28. The minimum Gasteiger partial charge on any atom is -0.465 e. The Bertz CT molecular complexity index is 702. The first kappa shape index (κ1) is 14.8. The largest absolute Gasteiger partial charge is 0.465 e. The van der Waals surface area contributed by atoms with Gasteiger partial charge in [0.1, 0.15) is 22.1 Å². The Kier molecular flexibility index (Phi) is 3.98. The van der Waals surface area contributed by atoms with Crippen LogP contribution in [0.15, 0.2) is 21.4 Å². The van der Waals surface area contributed by atoms with Gasteiger partial charge in [0.15, 0.2) is 0 Å². The number of furan rings is 1. The highest BCUT2D eigenvalue weighted by molar-refractivity contribution is 7.89. The van der Waals surface area contributed by atoms with Gasteiger partial charge in [-0.1, -0.05) is 0 Å². The number of hydrogen-bond acceptors (Lipinski definition) is 5. The zero-order chi connectivity index (χ0) is 14.9. The Morgan fingerprint density at radius 3 is 2.65 bits per heavy atom. The highest BCUT2D eigenvalue weighted by Gasteiger charge is 2.28. The molecule has 2 rings (SSSR count). The summed E-state index contributed by atoms with van der Waals surface area (Å²) < 4.78 is 31.6. The predicted molar refractivity (Wildman–Crippen MR) is 71.3 cm³/mol. The molecule has 0 aliphatic heterocycles. The number of sulfonamides is 1. The van der Waals surface area contributed by atoms with Crippen LogP contribution in [0.4, 0.5) is 0 Å². The predicted octanol–water partition coefficient (Wildman–Crippen LogP) is 0.933. The van der Waals surface area contributed by atoms with Gasteiger partial charge in [0.05, 0.1) is 18.8 Å². The number of aromatic nitrogens is 2. The number of nitrogens with zero attached hydrogens (tertiary/aromatic N) is 2. The average Bonchev–Trinajstić information content (AvgIpc) is 2.95. The van der Waals surface area contributed by atoms with Gasteiger partial charge in [-0.25, -0.2) is 8.42 Å². The van der Waals surface area contributed by atoms with Gasteiger partial charge in [-0.3, -0.25) is 5.10 Å². The lowest BCUT2D eigenvalue weighted by molar-refractivity contribution is 0.273. The van der Waals surface area contributed by atoms with Crippen LogP contribution in [0, 0.1) is 13.8 Å². The van der Waals surface area contributed by atoms with Crippen molar-refractivity contribution in [3.8, 4) is 0 Å². The van der Waals surface area contributed by atoms with Crippen molar-refractivity contribution in [1.29, 1.82) is 0 Å². The zero-order valence-corrected chi connectivity index (χ0v) is 12.4. The van der Waals surface area contributed by atoms with E-state index in [-0.39, 0.29) is 17.1 Å². The van der Waals surface area contributed by atoms with E-state index >= 15 is 0 Å². The summed E-state index contributed by atoms with van der Waals surface area (Å²) in [5.74, 6) is 1.28. The monoisotopic (exact) mass is 299 g/mol. The summed E-state index contributed by atoms with van der Waals surface area (Å²) in [5, 5.41) is 15.6. The fourth-order valence-electron chi connectivity index (χ4n) is 1.95. The molecule has 8 heteroatoms. The number of aliphatic hydroxyl groups excluding tert-OH is 1. The molecule has 0 fully saturated rings. The Labute approximate surface area is 117 Å². The molecule has 2 aromatic rings. The fourth-order valence-corrected chi connectivity index (χ4v) is 3.40. The first-order valence-corrected chi connectivity index (χ1v) is 7.46. The molecule has 0 aliphatic carbocycles. The number of nitrogens with one attached hydrogen (secondary N) is 1. The second-order valence-electron chi connectivity index (χ2n) is 4.56. The molecule has 2 heterocycles. The minimum absolute atomic E-state index is 0.0192. The maximum atomic E-state index is 12.5. The van der Waals surface area contributed by atoms with E-state index in [1.807, 2.05) is 0 Å². The Morgan fingerprint density at radius 1 is 1.40 bits per heavy atom. The van der Waals surface area contributed by atoms with Gasteiger partial charge < -0.3 is 9.52 Å². The van der Waals surface area contributed by atoms with E-state index in [0.29, 0.717) is 11.5 Å². The molecule has 0 saturated heterocycles. The van der Waals surface area contributed by atoms with Crippen LogP contribution in [0.1, 0.15) is 22.9 Å². The molecular formula is C12H17N3O4S. The molecule has 0 saturated carbocycles. The normalized spacial score (nSPS) is 12.2. The molecule has 110 valence electrons. The van der Waals surface area contributed by atoms with Crippen molar-refractivity contribution in [2.75, 3.05) is 7.05 Å². The van der Waals surface area contributed by atoms with Crippen molar-refractivity contribution in [1.82, 2.24) is 14.5 Å². The topological polar surface area (TPSA) is 99.4 Å². The minimum atomic E-state index is -3.74. The van der Waals surface area contributed by atoms with Crippen LogP contribution in [0.3, 0.4) is 0 Å². The molecule has 2 aromatic heterocycles. The molecular weight excluding hydrogens is 282 g/mol. The second-order valence-corrected chi connectivity index (χ2v) is 6.54. The average molecular weight is 299 g/mol. The van der Waals surface area contributed by atoms with E-state index in [4.69, 9.17) is 4.42 Å². The molecule has 0 aliphatic rings. The highest BCUT2D eigenvalue weighted by Crippen LogP contribution is 2.23. The quantitative estimate of drug-likeness (QED) is 0.855.